The summed E-state index contributed by atoms with van der Waals surface area (Å²) in [5.74, 6) is 0.699. The number of amides is 1. The largest absolute Gasteiger partial charge is 0.455 e. The van der Waals surface area contributed by atoms with Crippen LogP contribution in [0.15, 0.2) is 48.8 Å². The molecule has 0 bridgehead atoms. The number of rotatable bonds is 4. The van der Waals surface area contributed by atoms with Gasteiger partial charge in [0, 0.05) is 24.4 Å². The van der Waals surface area contributed by atoms with Crippen molar-refractivity contribution in [3.63, 3.8) is 0 Å². The van der Waals surface area contributed by atoms with Gasteiger partial charge in [0.1, 0.15) is 28.5 Å². The van der Waals surface area contributed by atoms with E-state index >= 15 is 0 Å². The maximum atomic E-state index is 13.9. The predicted molar refractivity (Wildman–Crippen MR) is 117 cm³/mol. The minimum absolute atomic E-state index is 0.0673. The third kappa shape index (κ3) is 3.34. The third-order valence-electron chi connectivity index (χ3n) is 5.04. The molecule has 0 saturated carbocycles. The van der Waals surface area contributed by atoms with Gasteiger partial charge in [-0.2, -0.15) is 0 Å². The minimum atomic E-state index is -0.631. The van der Waals surface area contributed by atoms with E-state index in [0.29, 0.717) is 44.3 Å². The second-order valence-electron chi connectivity index (χ2n) is 6.96. The summed E-state index contributed by atoms with van der Waals surface area (Å²) < 4.78 is 21.6. The number of anilines is 3. The van der Waals surface area contributed by atoms with Crippen LogP contribution in [0.5, 0.6) is 11.5 Å². The van der Waals surface area contributed by atoms with Gasteiger partial charge in [0.05, 0.1) is 22.6 Å². The SMILES string of the molecule is Cn1c(Cl)cc2ncnc(Nc3ccc(Oc4cccc5c4CC(=O)N5F)c(Cl)c3)c21. The standard InChI is InChI=1S/C21H14Cl2FN5O2/c1-28-18(23)9-14-20(28)21(26-10-25-14)27-11-5-6-17(13(22)7-11)31-16-4-2-3-15-12(16)8-19(30)29(15)24/h2-7,9-10H,8H2,1H3,(H,25,26,27). The third-order valence-corrected chi connectivity index (χ3v) is 5.70. The first-order valence-corrected chi connectivity index (χ1v) is 9.99. The number of aromatic nitrogens is 3. The van der Waals surface area contributed by atoms with E-state index in [1.807, 2.05) is 7.05 Å². The first kappa shape index (κ1) is 19.6. The lowest BCUT2D eigenvalue weighted by molar-refractivity contribution is -0.119. The zero-order valence-electron chi connectivity index (χ0n) is 16.1. The summed E-state index contributed by atoms with van der Waals surface area (Å²) >= 11 is 12.6. The van der Waals surface area contributed by atoms with Crippen molar-refractivity contribution in [1.29, 1.82) is 0 Å². The van der Waals surface area contributed by atoms with Crippen LogP contribution in [0.4, 0.5) is 21.7 Å². The predicted octanol–water partition coefficient (Wildman–Crippen LogP) is 5.58. The Hall–Kier alpha value is -3.36. The van der Waals surface area contributed by atoms with Crippen LogP contribution >= 0.6 is 23.2 Å². The van der Waals surface area contributed by atoms with Gasteiger partial charge in [0.25, 0.3) is 5.91 Å². The fourth-order valence-corrected chi connectivity index (χ4v) is 3.93. The van der Waals surface area contributed by atoms with E-state index in [-0.39, 0.29) is 17.2 Å². The second kappa shape index (κ2) is 7.40. The maximum absolute atomic E-state index is 13.9. The van der Waals surface area contributed by atoms with Crippen LogP contribution < -0.4 is 15.2 Å². The number of halogens is 3. The van der Waals surface area contributed by atoms with Crippen molar-refractivity contribution in [2.24, 2.45) is 7.05 Å². The van der Waals surface area contributed by atoms with Gasteiger partial charge in [-0.25, -0.2) is 9.97 Å². The average Bonchev–Trinajstić information content (AvgIpc) is 3.21. The Bertz CT molecular complexity index is 1360. The summed E-state index contributed by atoms with van der Waals surface area (Å²) in [5, 5.41) is 4.22. The molecule has 3 heterocycles. The van der Waals surface area contributed by atoms with E-state index in [1.165, 1.54) is 12.4 Å². The van der Waals surface area contributed by atoms with Crippen LogP contribution in [-0.2, 0) is 18.3 Å². The molecular weight excluding hydrogens is 444 g/mol. The number of nitrogens with one attached hydrogen (secondary N) is 1. The molecule has 5 rings (SSSR count). The molecule has 0 saturated heterocycles. The molecule has 0 spiro atoms. The van der Waals surface area contributed by atoms with Crippen molar-refractivity contribution >= 4 is 57.3 Å². The number of hydrogen-bond acceptors (Lipinski definition) is 5. The van der Waals surface area contributed by atoms with E-state index in [0.717, 1.165) is 5.52 Å². The summed E-state index contributed by atoms with van der Waals surface area (Å²) in [6.45, 7) is 0. The summed E-state index contributed by atoms with van der Waals surface area (Å²) in [5.41, 5.74) is 2.82. The highest BCUT2D eigenvalue weighted by Gasteiger charge is 2.30. The number of carbonyl (C=O) groups is 1. The second-order valence-corrected chi connectivity index (χ2v) is 7.75. The molecule has 0 radical (unpaired) electrons. The van der Waals surface area contributed by atoms with E-state index in [4.69, 9.17) is 27.9 Å². The first-order chi connectivity index (χ1) is 14.9. The molecule has 31 heavy (non-hydrogen) atoms. The van der Waals surface area contributed by atoms with E-state index in [9.17, 15) is 9.28 Å². The van der Waals surface area contributed by atoms with Gasteiger partial charge in [0.15, 0.2) is 5.82 Å². The highest BCUT2D eigenvalue weighted by molar-refractivity contribution is 6.32. The molecule has 2 aromatic carbocycles. The molecule has 10 heteroatoms. The minimum Gasteiger partial charge on any atom is -0.455 e. The lowest BCUT2D eigenvalue weighted by atomic mass is 10.1. The molecule has 2 aromatic heterocycles. The molecule has 0 aliphatic carbocycles. The molecule has 0 atom stereocenters. The zero-order valence-corrected chi connectivity index (χ0v) is 17.6. The van der Waals surface area contributed by atoms with Gasteiger partial charge in [-0.3, -0.25) is 4.79 Å². The fourth-order valence-electron chi connectivity index (χ4n) is 3.52. The maximum Gasteiger partial charge on any atom is 0.259 e. The molecule has 1 N–H and O–H groups in total. The quantitative estimate of drug-likeness (QED) is 0.404. The number of ether oxygens (including phenoxy) is 1. The molecule has 1 aliphatic rings. The number of benzene rings is 2. The summed E-state index contributed by atoms with van der Waals surface area (Å²) in [4.78, 5) is 20.2. The van der Waals surface area contributed by atoms with Gasteiger partial charge < -0.3 is 14.6 Å². The van der Waals surface area contributed by atoms with E-state index in [1.54, 1.807) is 41.0 Å². The average molecular weight is 458 g/mol. The van der Waals surface area contributed by atoms with Gasteiger partial charge in [-0.1, -0.05) is 33.7 Å². The van der Waals surface area contributed by atoms with Crippen LogP contribution in [0.1, 0.15) is 5.56 Å². The number of hydrogen-bond donors (Lipinski definition) is 1. The Morgan fingerprint density at radius 1 is 1.13 bits per heavy atom. The van der Waals surface area contributed by atoms with Gasteiger partial charge in [-0.15, -0.1) is 5.12 Å². The Balaban J connectivity index is 1.43. The number of fused-ring (bicyclic) bond motifs is 2. The summed E-state index contributed by atoms with van der Waals surface area (Å²) in [6, 6.07) is 11.7. The Morgan fingerprint density at radius 3 is 2.77 bits per heavy atom. The highest BCUT2D eigenvalue weighted by atomic mass is 35.5. The van der Waals surface area contributed by atoms with Crippen LogP contribution in [0.2, 0.25) is 10.2 Å². The molecule has 156 valence electrons. The normalized spacial score (nSPS) is 13.0. The van der Waals surface area contributed by atoms with E-state index in [2.05, 4.69) is 15.3 Å². The van der Waals surface area contributed by atoms with Crippen molar-refractivity contribution in [2.45, 2.75) is 6.42 Å². The van der Waals surface area contributed by atoms with Crippen LogP contribution in [0.3, 0.4) is 0 Å². The molecule has 0 unspecified atom stereocenters. The Morgan fingerprint density at radius 2 is 1.97 bits per heavy atom. The number of aryl methyl sites for hydroxylation is 1. The monoisotopic (exact) mass is 457 g/mol. The molecular formula is C21H14Cl2FN5O2. The number of nitrogens with zero attached hydrogens (tertiary/aromatic N) is 4. The topological polar surface area (TPSA) is 72.3 Å². The zero-order chi connectivity index (χ0) is 21.7. The molecule has 1 amide bonds. The molecule has 0 fully saturated rings. The highest BCUT2D eigenvalue weighted by Crippen LogP contribution is 2.40. The summed E-state index contributed by atoms with van der Waals surface area (Å²) in [6.07, 6.45) is 1.38. The fraction of sp³-hybridized carbons (Fsp3) is 0.0952. The van der Waals surface area contributed by atoms with Crippen LogP contribution in [0.25, 0.3) is 11.0 Å². The molecule has 4 aromatic rings. The van der Waals surface area contributed by atoms with Crippen molar-refractivity contribution in [2.75, 3.05) is 10.4 Å². The molecule has 7 nitrogen and oxygen atoms in total. The first-order valence-electron chi connectivity index (χ1n) is 9.23. The smallest absolute Gasteiger partial charge is 0.259 e. The van der Waals surface area contributed by atoms with Crippen LogP contribution in [0, 0.1) is 0 Å². The van der Waals surface area contributed by atoms with Crippen molar-refractivity contribution in [3.05, 3.63) is 64.5 Å². The van der Waals surface area contributed by atoms with Crippen molar-refractivity contribution < 1.29 is 14.0 Å². The van der Waals surface area contributed by atoms with Gasteiger partial charge in [-0.05, 0) is 30.3 Å². The Labute approximate surface area is 185 Å². The summed E-state index contributed by atoms with van der Waals surface area (Å²) in [7, 11) is 1.82. The lowest BCUT2D eigenvalue weighted by Gasteiger charge is -2.13. The van der Waals surface area contributed by atoms with Crippen molar-refractivity contribution in [3.8, 4) is 11.5 Å². The van der Waals surface area contributed by atoms with E-state index < -0.39 is 5.91 Å². The van der Waals surface area contributed by atoms with Crippen molar-refractivity contribution in [1.82, 2.24) is 14.5 Å². The molecule has 1 aliphatic heterocycles. The lowest BCUT2D eigenvalue weighted by Crippen LogP contribution is -2.15. The van der Waals surface area contributed by atoms with Gasteiger partial charge in [0.2, 0.25) is 0 Å². The van der Waals surface area contributed by atoms with Crippen LogP contribution in [-0.4, -0.2) is 20.4 Å². The van der Waals surface area contributed by atoms with Gasteiger partial charge >= 0.3 is 0 Å². The number of carbonyl (C=O) groups excluding carboxylic acids is 1. The Kier molecular flexibility index (Phi) is 4.68.